The predicted molar refractivity (Wildman–Crippen MR) is 69.1 cm³/mol. The molecule has 1 unspecified atom stereocenters. The van der Waals surface area contributed by atoms with E-state index in [1.807, 2.05) is 20.8 Å². The van der Waals surface area contributed by atoms with E-state index >= 15 is 0 Å². The minimum absolute atomic E-state index is 0.0629. The Hall–Kier alpha value is -1.10. The van der Waals surface area contributed by atoms with Gasteiger partial charge < -0.3 is 15.0 Å². The zero-order valence-corrected chi connectivity index (χ0v) is 12.2. The molecule has 1 saturated heterocycles. The maximum absolute atomic E-state index is 12.2. The van der Waals surface area contributed by atoms with E-state index in [1.54, 1.807) is 25.7 Å². The van der Waals surface area contributed by atoms with Crippen LogP contribution in [0.2, 0.25) is 0 Å². The van der Waals surface area contributed by atoms with Crippen LogP contribution in [0.25, 0.3) is 0 Å². The summed E-state index contributed by atoms with van der Waals surface area (Å²) in [7, 11) is 0. The van der Waals surface area contributed by atoms with E-state index in [2.05, 4.69) is 5.32 Å². The smallest absolute Gasteiger partial charge is 0.248 e. The van der Waals surface area contributed by atoms with Gasteiger partial charge in [-0.2, -0.15) is 0 Å². The van der Waals surface area contributed by atoms with Crippen LogP contribution in [0.15, 0.2) is 0 Å². The number of amides is 2. The van der Waals surface area contributed by atoms with Crippen molar-refractivity contribution in [2.24, 2.45) is 0 Å². The summed E-state index contributed by atoms with van der Waals surface area (Å²) in [5.74, 6) is -0.178. The number of nitrogens with zero attached hydrogens (tertiary/aromatic N) is 1. The Labute approximate surface area is 109 Å². The first-order valence-corrected chi connectivity index (χ1v) is 6.32. The van der Waals surface area contributed by atoms with Gasteiger partial charge in [-0.15, -0.1) is 0 Å². The van der Waals surface area contributed by atoms with Crippen molar-refractivity contribution >= 4 is 11.8 Å². The molecule has 18 heavy (non-hydrogen) atoms. The van der Waals surface area contributed by atoms with Gasteiger partial charge >= 0.3 is 0 Å². The summed E-state index contributed by atoms with van der Waals surface area (Å²) in [4.78, 5) is 25.6. The molecule has 1 N–H and O–H groups in total. The van der Waals surface area contributed by atoms with Crippen LogP contribution in [0.3, 0.4) is 0 Å². The molecule has 1 rings (SSSR count). The average molecular weight is 256 g/mol. The van der Waals surface area contributed by atoms with Crippen LogP contribution < -0.4 is 5.32 Å². The summed E-state index contributed by atoms with van der Waals surface area (Å²) in [6, 6.07) is -0.436. The maximum atomic E-state index is 12.2. The first-order valence-electron chi connectivity index (χ1n) is 6.32. The molecule has 0 radical (unpaired) electrons. The number of ether oxygens (including phenoxy) is 1. The summed E-state index contributed by atoms with van der Waals surface area (Å²) in [5.41, 5.74) is -1.06. The Balaban J connectivity index is 2.67. The molecule has 1 atom stereocenters. The number of rotatable bonds is 3. The molecule has 0 aromatic rings. The third-order valence-corrected chi connectivity index (χ3v) is 2.95. The first-order chi connectivity index (χ1) is 8.04. The molecule has 1 heterocycles. The second-order valence-electron chi connectivity index (χ2n) is 6.25. The highest BCUT2D eigenvalue weighted by Crippen LogP contribution is 2.18. The molecule has 0 spiro atoms. The Kier molecular flexibility index (Phi) is 4.05. The van der Waals surface area contributed by atoms with E-state index in [1.165, 1.54) is 0 Å². The quantitative estimate of drug-likeness (QED) is 0.817. The lowest BCUT2D eigenvalue weighted by Crippen LogP contribution is -2.67. The van der Waals surface area contributed by atoms with Crippen LogP contribution in [0.4, 0.5) is 0 Å². The molecule has 1 aliphatic heterocycles. The SMILES string of the molecule is CC1C(=O)NC(C)(C)C(=O)N1CCOC(C)(C)C. The summed E-state index contributed by atoms with van der Waals surface area (Å²) in [6.45, 7) is 11.9. The van der Waals surface area contributed by atoms with Crippen LogP contribution in [-0.4, -0.2) is 47.0 Å². The van der Waals surface area contributed by atoms with Crippen LogP contribution in [0.1, 0.15) is 41.5 Å². The molecular weight excluding hydrogens is 232 g/mol. The predicted octanol–water partition coefficient (Wildman–Crippen LogP) is 0.927. The summed E-state index contributed by atoms with van der Waals surface area (Å²) < 4.78 is 5.61. The van der Waals surface area contributed by atoms with E-state index in [9.17, 15) is 9.59 Å². The van der Waals surface area contributed by atoms with Gasteiger partial charge in [-0.3, -0.25) is 9.59 Å². The van der Waals surface area contributed by atoms with Crippen molar-refractivity contribution in [1.29, 1.82) is 0 Å². The van der Waals surface area contributed by atoms with Gasteiger partial charge in [-0.25, -0.2) is 0 Å². The van der Waals surface area contributed by atoms with Crippen LogP contribution in [0, 0.1) is 0 Å². The van der Waals surface area contributed by atoms with Gasteiger partial charge in [0.25, 0.3) is 0 Å². The van der Waals surface area contributed by atoms with E-state index in [0.717, 1.165) is 0 Å². The molecule has 0 aliphatic carbocycles. The fourth-order valence-corrected chi connectivity index (χ4v) is 1.89. The summed E-state index contributed by atoms with van der Waals surface area (Å²) >= 11 is 0. The number of nitrogens with one attached hydrogen (secondary N) is 1. The molecule has 5 heteroatoms. The number of hydrogen-bond acceptors (Lipinski definition) is 3. The van der Waals surface area contributed by atoms with Crippen molar-refractivity contribution < 1.29 is 14.3 Å². The molecule has 2 amide bonds. The molecule has 0 bridgehead atoms. The number of carbonyl (C=O) groups is 2. The zero-order valence-electron chi connectivity index (χ0n) is 12.2. The Morgan fingerprint density at radius 1 is 1.33 bits per heavy atom. The van der Waals surface area contributed by atoms with Gasteiger partial charge in [0.05, 0.1) is 12.2 Å². The lowest BCUT2D eigenvalue weighted by atomic mass is 9.97. The highest BCUT2D eigenvalue weighted by Gasteiger charge is 2.43. The first kappa shape index (κ1) is 15.0. The minimum Gasteiger partial charge on any atom is -0.374 e. The lowest BCUT2D eigenvalue weighted by molar-refractivity contribution is -0.154. The van der Waals surface area contributed by atoms with Crippen molar-refractivity contribution in [2.75, 3.05) is 13.2 Å². The van der Waals surface area contributed by atoms with Gasteiger partial charge in [0.1, 0.15) is 11.6 Å². The number of piperazine rings is 1. The average Bonchev–Trinajstić information content (AvgIpc) is 2.18. The summed E-state index contributed by atoms with van der Waals surface area (Å²) in [5, 5.41) is 2.72. The molecule has 104 valence electrons. The number of carbonyl (C=O) groups excluding carboxylic acids is 2. The molecule has 5 nitrogen and oxygen atoms in total. The van der Waals surface area contributed by atoms with Gasteiger partial charge in [0, 0.05) is 6.54 Å². The van der Waals surface area contributed by atoms with Crippen molar-refractivity contribution in [3.05, 3.63) is 0 Å². The van der Waals surface area contributed by atoms with Crippen LogP contribution in [-0.2, 0) is 14.3 Å². The molecule has 0 aromatic carbocycles. The topological polar surface area (TPSA) is 58.6 Å². The third-order valence-electron chi connectivity index (χ3n) is 2.95. The van der Waals surface area contributed by atoms with Crippen LogP contribution >= 0.6 is 0 Å². The highest BCUT2D eigenvalue weighted by atomic mass is 16.5. The van der Waals surface area contributed by atoms with Gasteiger partial charge in [-0.1, -0.05) is 0 Å². The molecule has 0 aromatic heterocycles. The summed E-state index contributed by atoms with van der Waals surface area (Å²) in [6.07, 6.45) is 0. The Morgan fingerprint density at radius 2 is 1.89 bits per heavy atom. The van der Waals surface area contributed by atoms with E-state index in [-0.39, 0.29) is 17.4 Å². The molecule has 1 aliphatic rings. The second kappa shape index (κ2) is 4.88. The fourth-order valence-electron chi connectivity index (χ4n) is 1.89. The Morgan fingerprint density at radius 3 is 2.39 bits per heavy atom. The number of hydrogen-bond donors (Lipinski definition) is 1. The van der Waals surface area contributed by atoms with Crippen molar-refractivity contribution in [3.8, 4) is 0 Å². The maximum Gasteiger partial charge on any atom is 0.248 e. The second-order valence-corrected chi connectivity index (χ2v) is 6.25. The van der Waals surface area contributed by atoms with Crippen molar-refractivity contribution in [2.45, 2.75) is 58.7 Å². The van der Waals surface area contributed by atoms with Gasteiger partial charge in [-0.05, 0) is 41.5 Å². The van der Waals surface area contributed by atoms with E-state index < -0.39 is 11.6 Å². The normalized spacial score (nSPS) is 24.1. The fraction of sp³-hybridized carbons (Fsp3) is 0.846. The highest BCUT2D eigenvalue weighted by molar-refractivity contribution is 5.99. The Bertz CT molecular complexity index is 345. The molecule has 1 fully saturated rings. The van der Waals surface area contributed by atoms with Crippen molar-refractivity contribution in [3.63, 3.8) is 0 Å². The zero-order chi connectivity index (χ0) is 14.1. The minimum atomic E-state index is -0.828. The van der Waals surface area contributed by atoms with E-state index in [4.69, 9.17) is 4.74 Å². The van der Waals surface area contributed by atoms with Crippen LogP contribution in [0.5, 0.6) is 0 Å². The van der Waals surface area contributed by atoms with Crippen molar-refractivity contribution in [1.82, 2.24) is 10.2 Å². The largest absolute Gasteiger partial charge is 0.374 e. The van der Waals surface area contributed by atoms with E-state index in [0.29, 0.717) is 13.2 Å². The molecule has 0 saturated carbocycles. The van der Waals surface area contributed by atoms with Gasteiger partial charge in [0.2, 0.25) is 11.8 Å². The van der Waals surface area contributed by atoms with Gasteiger partial charge in [0.15, 0.2) is 0 Å². The monoisotopic (exact) mass is 256 g/mol. The lowest BCUT2D eigenvalue weighted by Gasteiger charge is -2.41. The standard InChI is InChI=1S/C13H24N2O3/c1-9-10(16)14-13(5,6)11(17)15(9)7-8-18-12(2,3)4/h9H,7-8H2,1-6H3,(H,14,16). The molecular formula is C13H24N2O3. The third kappa shape index (κ3) is 3.45.